The molecule has 2 aromatic carbocycles. The lowest BCUT2D eigenvalue weighted by atomic mass is 10.2. The van der Waals surface area contributed by atoms with Gasteiger partial charge in [0.1, 0.15) is 17.2 Å². The van der Waals surface area contributed by atoms with Crippen LogP contribution in [0.3, 0.4) is 0 Å². The molecule has 94 valence electrons. The fraction of sp³-hybridized carbons (Fsp3) is 0.0769. The molecule has 0 fully saturated rings. The van der Waals surface area contributed by atoms with Gasteiger partial charge in [0.15, 0.2) is 5.75 Å². The van der Waals surface area contributed by atoms with Gasteiger partial charge in [-0.15, -0.1) is 0 Å². The zero-order chi connectivity index (χ0) is 13.3. The first-order valence-corrected chi connectivity index (χ1v) is 5.33. The van der Waals surface area contributed by atoms with Crippen molar-refractivity contribution >= 4 is 11.4 Å². The summed E-state index contributed by atoms with van der Waals surface area (Å²) < 4.78 is 5.48. The Labute approximate surface area is 104 Å². The van der Waals surface area contributed by atoms with Crippen molar-refractivity contribution in [3.05, 3.63) is 35.9 Å². The van der Waals surface area contributed by atoms with Gasteiger partial charge in [-0.2, -0.15) is 0 Å². The number of anilines is 2. The van der Waals surface area contributed by atoms with Gasteiger partial charge in [0.05, 0.1) is 11.4 Å². The van der Waals surface area contributed by atoms with Crippen molar-refractivity contribution < 1.29 is 14.9 Å². The molecule has 0 amide bonds. The third-order valence-corrected chi connectivity index (χ3v) is 2.56. The van der Waals surface area contributed by atoms with E-state index >= 15 is 0 Å². The Morgan fingerprint density at radius 2 is 1.67 bits per heavy atom. The molecule has 0 unspecified atom stereocenters. The van der Waals surface area contributed by atoms with Crippen molar-refractivity contribution in [2.45, 2.75) is 6.92 Å². The molecule has 0 aliphatic rings. The van der Waals surface area contributed by atoms with Gasteiger partial charge in [0.2, 0.25) is 0 Å². The monoisotopic (exact) mass is 246 g/mol. The lowest BCUT2D eigenvalue weighted by molar-refractivity contribution is 0.446. The summed E-state index contributed by atoms with van der Waals surface area (Å²) in [6.45, 7) is 1.74. The van der Waals surface area contributed by atoms with Crippen molar-refractivity contribution in [3.63, 3.8) is 0 Å². The molecule has 18 heavy (non-hydrogen) atoms. The van der Waals surface area contributed by atoms with E-state index in [1.54, 1.807) is 19.1 Å². The Morgan fingerprint density at radius 3 is 2.33 bits per heavy atom. The van der Waals surface area contributed by atoms with Crippen LogP contribution in [0, 0.1) is 6.92 Å². The highest BCUT2D eigenvalue weighted by atomic mass is 16.5. The molecule has 5 heteroatoms. The first kappa shape index (κ1) is 11.9. The molecule has 0 aliphatic heterocycles. The van der Waals surface area contributed by atoms with E-state index in [2.05, 4.69) is 0 Å². The average Bonchev–Trinajstić information content (AvgIpc) is 2.31. The van der Waals surface area contributed by atoms with Gasteiger partial charge in [0.25, 0.3) is 0 Å². The van der Waals surface area contributed by atoms with Crippen LogP contribution in [0.15, 0.2) is 30.3 Å². The van der Waals surface area contributed by atoms with Gasteiger partial charge in [0, 0.05) is 12.1 Å². The normalized spacial score (nSPS) is 10.3. The first-order valence-electron chi connectivity index (χ1n) is 5.33. The van der Waals surface area contributed by atoms with E-state index in [4.69, 9.17) is 16.2 Å². The summed E-state index contributed by atoms with van der Waals surface area (Å²) in [6, 6.07) is 7.55. The highest BCUT2D eigenvalue weighted by molar-refractivity contribution is 5.61. The van der Waals surface area contributed by atoms with E-state index < -0.39 is 0 Å². The second kappa shape index (κ2) is 4.37. The summed E-state index contributed by atoms with van der Waals surface area (Å²) in [5, 5.41) is 19.1. The van der Waals surface area contributed by atoms with Gasteiger partial charge in [-0.25, -0.2) is 0 Å². The molecular formula is C13H14N2O3. The second-order valence-electron chi connectivity index (χ2n) is 4.00. The van der Waals surface area contributed by atoms with Crippen LogP contribution in [0.2, 0.25) is 0 Å². The Balaban J connectivity index is 2.34. The number of phenols is 2. The number of rotatable bonds is 2. The van der Waals surface area contributed by atoms with E-state index in [1.807, 2.05) is 0 Å². The van der Waals surface area contributed by atoms with Crippen LogP contribution in [0.5, 0.6) is 23.0 Å². The molecule has 0 bridgehead atoms. The quantitative estimate of drug-likeness (QED) is 0.370. The van der Waals surface area contributed by atoms with E-state index in [0.717, 1.165) is 0 Å². The maximum atomic E-state index is 9.60. The standard InChI is InChI=1S/C13H14N2O3/c1-7-4-10(15)13(6-11(7)16)18-8-2-3-9(14)12(17)5-8/h2-6,16-17H,14-15H2,1H3. The number of ether oxygens (including phenoxy) is 1. The molecule has 5 nitrogen and oxygen atoms in total. The first-order chi connectivity index (χ1) is 8.47. The summed E-state index contributed by atoms with van der Waals surface area (Å²) in [5.74, 6) is 0.736. The van der Waals surface area contributed by atoms with Crippen LogP contribution in [0.1, 0.15) is 5.56 Å². The lowest BCUT2D eigenvalue weighted by Crippen LogP contribution is -1.94. The molecule has 0 radical (unpaired) electrons. The molecule has 0 aromatic heterocycles. The molecule has 0 heterocycles. The highest BCUT2D eigenvalue weighted by Gasteiger charge is 2.08. The van der Waals surface area contributed by atoms with Crippen molar-refractivity contribution in [2.24, 2.45) is 0 Å². The van der Waals surface area contributed by atoms with Crippen molar-refractivity contribution in [3.8, 4) is 23.0 Å². The Bertz CT molecular complexity index is 597. The highest BCUT2D eigenvalue weighted by Crippen LogP contribution is 2.35. The van der Waals surface area contributed by atoms with Crippen molar-refractivity contribution in [1.29, 1.82) is 0 Å². The molecule has 0 aliphatic carbocycles. The fourth-order valence-electron chi connectivity index (χ4n) is 1.50. The minimum Gasteiger partial charge on any atom is -0.508 e. The SMILES string of the molecule is Cc1cc(N)c(Oc2ccc(N)c(O)c2)cc1O. The molecular weight excluding hydrogens is 232 g/mol. The minimum absolute atomic E-state index is 0.0672. The predicted molar refractivity (Wildman–Crippen MR) is 69.8 cm³/mol. The number of aromatic hydroxyl groups is 2. The van der Waals surface area contributed by atoms with Crippen LogP contribution in [0.4, 0.5) is 11.4 Å². The van der Waals surface area contributed by atoms with Crippen LogP contribution in [0.25, 0.3) is 0 Å². The number of hydrogen-bond donors (Lipinski definition) is 4. The van der Waals surface area contributed by atoms with E-state index in [-0.39, 0.29) is 17.2 Å². The minimum atomic E-state index is -0.0672. The summed E-state index contributed by atoms with van der Waals surface area (Å²) in [7, 11) is 0. The molecule has 0 atom stereocenters. The van der Waals surface area contributed by atoms with Crippen LogP contribution in [-0.2, 0) is 0 Å². The van der Waals surface area contributed by atoms with Crippen LogP contribution >= 0.6 is 0 Å². The number of aryl methyl sites for hydroxylation is 1. The van der Waals surface area contributed by atoms with E-state index in [1.165, 1.54) is 18.2 Å². The smallest absolute Gasteiger partial charge is 0.154 e. The molecule has 0 spiro atoms. The van der Waals surface area contributed by atoms with Gasteiger partial charge < -0.3 is 26.4 Å². The van der Waals surface area contributed by atoms with E-state index in [9.17, 15) is 10.2 Å². The maximum absolute atomic E-state index is 9.60. The zero-order valence-corrected chi connectivity index (χ0v) is 9.84. The Hall–Kier alpha value is -2.56. The number of benzene rings is 2. The largest absolute Gasteiger partial charge is 0.508 e. The number of phenolic OH excluding ortho intramolecular Hbond substituents is 2. The Morgan fingerprint density at radius 1 is 0.944 bits per heavy atom. The third-order valence-electron chi connectivity index (χ3n) is 2.56. The van der Waals surface area contributed by atoms with Crippen LogP contribution < -0.4 is 16.2 Å². The van der Waals surface area contributed by atoms with Gasteiger partial charge in [-0.1, -0.05) is 0 Å². The second-order valence-corrected chi connectivity index (χ2v) is 4.00. The molecule has 6 N–H and O–H groups in total. The summed E-state index contributed by atoms with van der Waals surface area (Å²) in [6.07, 6.45) is 0. The van der Waals surface area contributed by atoms with Crippen molar-refractivity contribution in [1.82, 2.24) is 0 Å². The fourth-order valence-corrected chi connectivity index (χ4v) is 1.50. The molecule has 0 saturated heterocycles. The van der Waals surface area contributed by atoms with Gasteiger partial charge in [-0.05, 0) is 30.7 Å². The zero-order valence-electron chi connectivity index (χ0n) is 9.84. The van der Waals surface area contributed by atoms with E-state index in [0.29, 0.717) is 22.7 Å². The molecule has 0 saturated carbocycles. The average molecular weight is 246 g/mol. The summed E-state index contributed by atoms with van der Waals surface area (Å²) in [4.78, 5) is 0. The summed E-state index contributed by atoms with van der Waals surface area (Å²) in [5.41, 5.74) is 12.6. The Kier molecular flexibility index (Phi) is 2.89. The van der Waals surface area contributed by atoms with Crippen molar-refractivity contribution in [2.75, 3.05) is 11.5 Å². The summed E-state index contributed by atoms with van der Waals surface area (Å²) >= 11 is 0. The lowest BCUT2D eigenvalue weighted by Gasteiger charge is -2.11. The number of nitrogen functional groups attached to an aromatic ring is 2. The predicted octanol–water partition coefficient (Wildman–Crippen LogP) is 2.36. The number of nitrogens with two attached hydrogens (primary N) is 2. The topological polar surface area (TPSA) is 102 Å². The molecule has 2 aromatic rings. The van der Waals surface area contributed by atoms with Gasteiger partial charge >= 0.3 is 0 Å². The number of hydrogen-bond acceptors (Lipinski definition) is 5. The molecule has 2 rings (SSSR count). The van der Waals surface area contributed by atoms with Gasteiger partial charge in [-0.3, -0.25) is 0 Å². The maximum Gasteiger partial charge on any atom is 0.154 e. The van der Waals surface area contributed by atoms with Crippen LogP contribution in [-0.4, -0.2) is 10.2 Å². The third kappa shape index (κ3) is 2.24.